The first kappa shape index (κ1) is 9.92. The van der Waals surface area contributed by atoms with Crippen LogP contribution in [0.1, 0.15) is 11.4 Å². The van der Waals surface area contributed by atoms with E-state index >= 15 is 0 Å². The molecule has 0 aliphatic rings. The summed E-state index contributed by atoms with van der Waals surface area (Å²) in [6, 6.07) is 6.11. The fourth-order valence-corrected chi connectivity index (χ4v) is 1.36. The van der Waals surface area contributed by atoms with Gasteiger partial charge in [0.2, 0.25) is 0 Å². The fraction of sp³-hybridized carbons (Fsp3) is 0.444. The third kappa shape index (κ3) is 3.49. The molecule has 0 amide bonds. The number of nitrogens with zero attached hydrogens (tertiary/aromatic N) is 1. The van der Waals surface area contributed by atoms with Crippen molar-refractivity contribution in [3.05, 3.63) is 29.6 Å². The number of hydrogen-bond acceptors (Lipinski definition) is 2. The molecule has 3 heteroatoms. The molecular formula is C9H13IN2. The van der Waals surface area contributed by atoms with Crippen LogP contribution in [-0.2, 0) is 6.54 Å². The highest BCUT2D eigenvalue weighted by molar-refractivity contribution is 14.1. The molecule has 1 heterocycles. The molecule has 1 N–H and O–H groups in total. The Balaban J connectivity index is 2.41. The Morgan fingerprint density at radius 3 is 3.00 bits per heavy atom. The van der Waals surface area contributed by atoms with Gasteiger partial charge in [0.25, 0.3) is 0 Å². The molecular weight excluding hydrogens is 263 g/mol. The number of alkyl halides is 1. The Bertz CT molecular complexity index is 238. The van der Waals surface area contributed by atoms with Crippen LogP contribution in [0.3, 0.4) is 0 Å². The van der Waals surface area contributed by atoms with Gasteiger partial charge in [0.05, 0.1) is 5.69 Å². The van der Waals surface area contributed by atoms with Crippen molar-refractivity contribution in [2.75, 3.05) is 11.0 Å². The van der Waals surface area contributed by atoms with Gasteiger partial charge in [-0.1, -0.05) is 28.7 Å². The highest BCUT2D eigenvalue weighted by Gasteiger charge is 1.92. The lowest BCUT2D eigenvalue weighted by atomic mass is 10.3. The monoisotopic (exact) mass is 276 g/mol. The Morgan fingerprint density at radius 2 is 2.33 bits per heavy atom. The van der Waals surface area contributed by atoms with E-state index in [0.717, 1.165) is 28.9 Å². The minimum absolute atomic E-state index is 0.880. The van der Waals surface area contributed by atoms with E-state index in [2.05, 4.69) is 32.9 Å². The maximum atomic E-state index is 4.38. The van der Waals surface area contributed by atoms with Crippen LogP contribution >= 0.6 is 22.6 Å². The third-order valence-corrected chi connectivity index (χ3v) is 2.06. The Kier molecular flexibility index (Phi) is 4.53. The third-order valence-electron chi connectivity index (χ3n) is 1.52. The lowest BCUT2D eigenvalue weighted by Crippen LogP contribution is -2.16. The van der Waals surface area contributed by atoms with Crippen LogP contribution < -0.4 is 5.32 Å². The highest BCUT2D eigenvalue weighted by Crippen LogP contribution is 1.96. The van der Waals surface area contributed by atoms with Crippen molar-refractivity contribution in [1.82, 2.24) is 10.3 Å². The van der Waals surface area contributed by atoms with Crippen LogP contribution in [0.2, 0.25) is 0 Å². The second-order valence-corrected chi connectivity index (χ2v) is 3.71. The van der Waals surface area contributed by atoms with Crippen molar-refractivity contribution in [2.24, 2.45) is 0 Å². The van der Waals surface area contributed by atoms with Crippen LogP contribution in [0, 0.1) is 6.92 Å². The predicted molar refractivity (Wildman–Crippen MR) is 59.6 cm³/mol. The molecule has 66 valence electrons. The predicted octanol–water partition coefficient (Wildman–Crippen LogP) is 1.91. The molecule has 0 unspecified atom stereocenters. The summed E-state index contributed by atoms with van der Waals surface area (Å²) in [4.78, 5) is 4.38. The largest absolute Gasteiger partial charge is 0.310 e. The van der Waals surface area contributed by atoms with Crippen molar-refractivity contribution in [2.45, 2.75) is 13.5 Å². The maximum absolute atomic E-state index is 4.38. The van der Waals surface area contributed by atoms with Crippen LogP contribution in [0.4, 0.5) is 0 Å². The summed E-state index contributed by atoms with van der Waals surface area (Å²) in [5.74, 6) is 0. The van der Waals surface area contributed by atoms with Gasteiger partial charge in [-0.25, -0.2) is 0 Å². The molecule has 0 saturated heterocycles. The quantitative estimate of drug-likeness (QED) is 0.516. The van der Waals surface area contributed by atoms with Crippen molar-refractivity contribution in [3.63, 3.8) is 0 Å². The second kappa shape index (κ2) is 5.48. The number of rotatable bonds is 4. The van der Waals surface area contributed by atoms with E-state index in [1.165, 1.54) is 0 Å². The van der Waals surface area contributed by atoms with E-state index in [9.17, 15) is 0 Å². The molecule has 1 aromatic rings. The van der Waals surface area contributed by atoms with Gasteiger partial charge in [-0.3, -0.25) is 4.98 Å². The van der Waals surface area contributed by atoms with Crippen LogP contribution in [0.25, 0.3) is 0 Å². The van der Waals surface area contributed by atoms with E-state index in [1.54, 1.807) is 0 Å². The van der Waals surface area contributed by atoms with Gasteiger partial charge >= 0.3 is 0 Å². The zero-order valence-corrected chi connectivity index (χ0v) is 9.34. The Labute approximate surface area is 86.9 Å². The number of aromatic nitrogens is 1. The second-order valence-electron chi connectivity index (χ2n) is 2.64. The topological polar surface area (TPSA) is 24.9 Å². The summed E-state index contributed by atoms with van der Waals surface area (Å²) < 4.78 is 1.14. The maximum Gasteiger partial charge on any atom is 0.0544 e. The molecule has 12 heavy (non-hydrogen) atoms. The highest BCUT2D eigenvalue weighted by atomic mass is 127. The Hall–Kier alpha value is -0.160. The normalized spacial score (nSPS) is 10.2. The summed E-state index contributed by atoms with van der Waals surface area (Å²) in [6.45, 7) is 3.95. The van der Waals surface area contributed by atoms with Gasteiger partial charge in [-0.15, -0.1) is 0 Å². The summed E-state index contributed by atoms with van der Waals surface area (Å²) in [5.41, 5.74) is 2.21. The zero-order valence-electron chi connectivity index (χ0n) is 7.18. The number of pyridine rings is 1. The van der Waals surface area contributed by atoms with Gasteiger partial charge in [0.15, 0.2) is 0 Å². The fourth-order valence-electron chi connectivity index (χ4n) is 0.981. The average molecular weight is 276 g/mol. The molecule has 0 spiro atoms. The first-order chi connectivity index (χ1) is 5.83. The number of aryl methyl sites for hydroxylation is 1. The minimum Gasteiger partial charge on any atom is -0.310 e. The summed E-state index contributed by atoms with van der Waals surface area (Å²) in [6.07, 6.45) is 0. The molecule has 0 fully saturated rings. The molecule has 0 aliphatic carbocycles. The number of nitrogens with one attached hydrogen (secondary N) is 1. The van der Waals surface area contributed by atoms with Gasteiger partial charge in [0.1, 0.15) is 0 Å². The molecule has 1 aromatic heterocycles. The lowest BCUT2D eigenvalue weighted by Gasteiger charge is -2.02. The molecule has 0 saturated carbocycles. The molecule has 2 nitrogen and oxygen atoms in total. The summed E-state index contributed by atoms with van der Waals surface area (Å²) in [5, 5.41) is 3.31. The van der Waals surface area contributed by atoms with Gasteiger partial charge in [-0.05, 0) is 19.1 Å². The van der Waals surface area contributed by atoms with Crippen molar-refractivity contribution in [3.8, 4) is 0 Å². The van der Waals surface area contributed by atoms with Gasteiger partial charge < -0.3 is 5.32 Å². The smallest absolute Gasteiger partial charge is 0.0544 e. The molecule has 0 bridgehead atoms. The van der Waals surface area contributed by atoms with E-state index in [4.69, 9.17) is 0 Å². The lowest BCUT2D eigenvalue weighted by molar-refractivity contribution is 0.717. The minimum atomic E-state index is 0.880. The Morgan fingerprint density at radius 1 is 1.50 bits per heavy atom. The van der Waals surface area contributed by atoms with Crippen LogP contribution in [-0.4, -0.2) is 16.0 Å². The molecule has 0 aromatic carbocycles. The van der Waals surface area contributed by atoms with E-state index in [-0.39, 0.29) is 0 Å². The number of halogens is 1. The summed E-state index contributed by atoms with van der Waals surface area (Å²) >= 11 is 2.35. The molecule has 1 rings (SSSR count). The molecule has 0 radical (unpaired) electrons. The SMILES string of the molecule is Cc1cccc(CNCCI)n1. The van der Waals surface area contributed by atoms with Crippen LogP contribution in [0.5, 0.6) is 0 Å². The van der Waals surface area contributed by atoms with Crippen molar-refractivity contribution in [1.29, 1.82) is 0 Å². The van der Waals surface area contributed by atoms with Crippen molar-refractivity contribution >= 4 is 22.6 Å². The number of hydrogen-bond donors (Lipinski definition) is 1. The van der Waals surface area contributed by atoms with E-state index in [0.29, 0.717) is 0 Å². The summed E-state index contributed by atoms with van der Waals surface area (Å²) in [7, 11) is 0. The van der Waals surface area contributed by atoms with Crippen molar-refractivity contribution < 1.29 is 0 Å². The standard InChI is InChI=1S/C9H13IN2/c1-8-3-2-4-9(12-8)7-11-6-5-10/h2-4,11H,5-7H2,1H3. The molecule has 0 atom stereocenters. The van der Waals surface area contributed by atoms with E-state index in [1.807, 2.05) is 25.1 Å². The van der Waals surface area contributed by atoms with Crippen LogP contribution in [0.15, 0.2) is 18.2 Å². The zero-order chi connectivity index (χ0) is 8.81. The first-order valence-corrected chi connectivity index (χ1v) is 5.54. The molecule has 0 aliphatic heterocycles. The first-order valence-electron chi connectivity index (χ1n) is 4.02. The van der Waals surface area contributed by atoms with Gasteiger partial charge in [-0.2, -0.15) is 0 Å². The average Bonchev–Trinajstić information content (AvgIpc) is 2.05. The van der Waals surface area contributed by atoms with Gasteiger partial charge in [0, 0.05) is 23.2 Å². The van der Waals surface area contributed by atoms with E-state index < -0.39 is 0 Å².